The van der Waals surface area contributed by atoms with Crippen molar-refractivity contribution in [3.8, 4) is 41.2 Å². The molecule has 1 amide bonds. The number of nitrogens with zero attached hydrogens (tertiary/aromatic N) is 6. The minimum absolute atomic E-state index is 0.0304. The van der Waals surface area contributed by atoms with E-state index in [2.05, 4.69) is 21.0 Å². The number of carbonyl (C=O) groups is 1. The number of amides is 1. The highest BCUT2D eigenvalue weighted by molar-refractivity contribution is 6.04. The summed E-state index contributed by atoms with van der Waals surface area (Å²) in [5.74, 6) is 1.36. The third-order valence-corrected chi connectivity index (χ3v) is 10.9. The van der Waals surface area contributed by atoms with E-state index in [9.17, 15) is 9.90 Å². The van der Waals surface area contributed by atoms with Gasteiger partial charge in [0.2, 0.25) is 5.88 Å². The largest absolute Gasteiger partial charge is 0.508 e. The summed E-state index contributed by atoms with van der Waals surface area (Å²) < 4.78 is 50.0. The molecule has 2 atom stereocenters. The van der Waals surface area contributed by atoms with Crippen molar-refractivity contribution in [2.45, 2.75) is 57.7 Å². The van der Waals surface area contributed by atoms with Crippen LogP contribution in [0, 0.1) is 29.4 Å². The Balaban J connectivity index is 1.22. The number of aromatic hydroxyl groups is 1. The van der Waals surface area contributed by atoms with E-state index in [1.807, 2.05) is 13.8 Å². The summed E-state index contributed by atoms with van der Waals surface area (Å²) in [6, 6.07) is 6.01. The van der Waals surface area contributed by atoms with Crippen molar-refractivity contribution in [1.29, 1.82) is 0 Å². The quantitative estimate of drug-likeness (QED) is 0.224. The number of fused-ring (bicyclic) bond motifs is 4. The smallest absolute Gasteiger partial charge is 0.409 e. The van der Waals surface area contributed by atoms with Gasteiger partial charge in [0.05, 0.1) is 25.4 Å². The lowest BCUT2D eigenvalue weighted by Crippen LogP contribution is -2.51. The molecule has 2 bridgehead atoms. The van der Waals surface area contributed by atoms with Crippen molar-refractivity contribution in [2.24, 2.45) is 5.41 Å². The van der Waals surface area contributed by atoms with E-state index in [1.165, 1.54) is 31.4 Å². The molecule has 1 saturated carbocycles. The number of methoxy groups -OCH3 is 1. The fourth-order valence-electron chi connectivity index (χ4n) is 8.04. The van der Waals surface area contributed by atoms with Crippen LogP contribution in [0.5, 0.6) is 17.6 Å². The first-order valence-corrected chi connectivity index (χ1v) is 18.2. The molecule has 1 aliphatic carbocycles. The van der Waals surface area contributed by atoms with Gasteiger partial charge >= 0.3 is 12.1 Å². The first kappa shape index (κ1) is 35.1. The average Bonchev–Trinajstić information content (AvgIpc) is 3.83. The van der Waals surface area contributed by atoms with Crippen molar-refractivity contribution >= 4 is 33.6 Å². The van der Waals surface area contributed by atoms with Crippen LogP contribution in [0.15, 0.2) is 24.3 Å². The van der Waals surface area contributed by atoms with Gasteiger partial charge in [0, 0.05) is 74.3 Å². The van der Waals surface area contributed by atoms with Crippen molar-refractivity contribution in [1.82, 2.24) is 30.1 Å². The van der Waals surface area contributed by atoms with Crippen LogP contribution in [-0.4, -0.2) is 114 Å². The van der Waals surface area contributed by atoms with Crippen molar-refractivity contribution in [3.63, 3.8) is 0 Å². The number of carbonyl (C=O) groups excluding carboxylic acids is 1. The molecule has 3 aliphatic heterocycles. The number of ether oxygens (including phenoxy) is 3. The van der Waals surface area contributed by atoms with E-state index in [0.717, 1.165) is 45.3 Å². The Morgan fingerprint density at radius 1 is 1.08 bits per heavy atom. The Labute approximate surface area is 306 Å². The van der Waals surface area contributed by atoms with Crippen LogP contribution in [-0.2, 0) is 4.74 Å². The Hall–Kier alpha value is -5.00. The molecule has 4 fully saturated rings. The van der Waals surface area contributed by atoms with E-state index in [-0.39, 0.29) is 75.1 Å². The number of rotatable bonds is 9. The predicted molar refractivity (Wildman–Crippen MR) is 195 cm³/mol. The van der Waals surface area contributed by atoms with Gasteiger partial charge in [-0.05, 0) is 63.1 Å². The summed E-state index contributed by atoms with van der Waals surface area (Å²) in [5.41, 5.74) is -0.348. The summed E-state index contributed by atoms with van der Waals surface area (Å²) in [5, 5.41) is 15.4. The summed E-state index contributed by atoms with van der Waals surface area (Å²) in [6.07, 6.45) is 9.06. The second-order valence-corrected chi connectivity index (χ2v) is 15.0. The van der Waals surface area contributed by atoms with Crippen LogP contribution in [0.3, 0.4) is 0 Å². The molecule has 3 saturated heterocycles. The lowest BCUT2D eigenvalue weighted by molar-refractivity contribution is 0.0765. The van der Waals surface area contributed by atoms with Crippen molar-refractivity contribution < 1.29 is 32.9 Å². The van der Waals surface area contributed by atoms with Gasteiger partial charge in [-0.1, -0.05) is 12.0 Å². The maximum absolute atomic E-state index is 17.3. The monoisotopic (exact) mass is 727 g/mol. The molecule has 2 aromatic heterocycles. The number of phenolic OH excluding ortho intramolecular Hbond substituents is 1. The number of nitrogens with one attached hydrogen (secondary N) is 1. The van der Waals surface area contributed by atoms with Gasteiger partial charge in [-0.3, -0.25) is 4.90 Å². The number of pyridine rings is 1. The number of benzene rings is 2. The SMILES string of the molecule is C#Cc1c(F)ccc2cc(O)cc(-c3nc(OC(C)C)c4c(N5CC6CCC(C5)N6)nc(OCC5(CN6CCN(C(=O)OC)CC6)CC5)nc4c3F)c12. The van der Waals surface area contributed by atoms with Gasteiger partial charge in [0.15, 0.2) is 5.82 Å². The predicted octanol–water partition coefficient (Wildman–Crippen LogP) is 5.08. The Morgan fingerprint density at radius 3 is 2.47 bits per heavy atom. The summed E-state index contributed by atoms with van der Waals surface area (Å²) >= 11 is 0. The Kier molecular flexibility index (Phi) is 9.10. The first-order valence-electron chi connectivity index (χ1n) is 18.2. The van der Waals surface area contributed by atoms with Gasteiger partial charge in [0.1, 0.15) is 34.0 Å². The molecule has 2 unspecified atom stereocenters. The maximum atomic E-state index is 17.3. The minimum Gasteiger partial charge on any atom is -0.508 e. The normalized spacial score (nSPS) is 20.9. The zero-order chi connectivity index (χ0) is 37.0. The fraction of sp³-hybridized carbons (Fsp3) is 0.487. The number of aromatic nitrogens is 3. The van der Waals surface area contributed by atoms with Gasteiger partial charge < -0.3 is 34.4 Å². The molecule has 53 heavy (non-hydrogen) atoms. The highest BCUT2D eigenvalue weighted by atomic mass is 19.1. The molecule has 4 aromatic rings. The number of halogens is 2. The standard InChI is InChI=1S/C39H43F2N7O5/c1-5-27-29(40)9-6-23-16-26(49)17-28(30(23)27)33-32(41)34-31(36(43-33)53-22(2)3)35(48-18-24-7-8-25(19-48)42-24)45-37(44-34)52-21-39(10-11-39)20-46-12-14-47(15-13-46)38(50)51-4/h1,6,9,16-17,22,24-25,42,49H,7-8,10-15,18-21H2,2-4H3. The van der Waals surface area contributed by atoms with Crippen LogP contribution in [0.1, 0.15) is 45.1 Å². The molecule has 12 nitrogen and oxygen atoms in total. The Bertz CT molecular complexity index is 2120. The number of hydrogen-bond donors (Lipinski definition) is 2. The first-order chi connectivity index (χ1) is 25.5. The number of terminal acetylenes is 1. The average molecular weight is 728 g/mol. The Morgan fingerprint density at radius 2 is 1.81 bits per heavy atom. The summed E-state index contributed by atoms with van der Waals surface area (Å²) in [7, 11) is 1.39. The molecular formula is C39H43F2N7O5. The fourth-order valence-corrected chi connectivity index (χ4v) is 8.04. The lowest BCUT2D eigenvalue weighted by atomic mass is 9.95. The molecule has 2 aromatic carbocycles. The van der Waals surface area contributed by atoms with Crippen LogP contribution in [0.2, 0.25) is 0 Å². The number of hydrogen-bond acceptors (Lipinski definition) is 11. The zero-order valence-corrected chi connectivity index (χ0v) is 30.1. The van der Waals surface area contributed by atoms with Gasteiger partial charge in [-0.25, -0.2) is 18.6 Å². The molecule has 5 heterocycles. The van der Waals surface area contributed by atoms with E-state index in [4.69, 9.17) is 35.6 Å². The summed E-state index contributed by atoms with van der Waals surface area (Å²) in [4.78, 5) is 32.5. The van der Waals surface area contributed by atoms with Crippen LogP contribution >= 0.6 is 0 Å². The number of phenols is 1. The number of anilines is 1. The van der Waals surface area contributed by atoms with Crippen LogP contribution < -0.4 is 19.7 Å². The highest BCUT2D eigenvalue weighted by Gasteiger charge is 2.46. The third kappa shape index (κ3) is 6.72. The van der Waals surface area contributed by atoms with Gasteiger partial charge in [-0.2, -0.15) is 9.97 Å². The van der Waals surface area contributed by atoms with E-state index >= 15 is 8.78 Å². The molecule has 4 aliphatic rings. The molecular weight excluding hydrogens is 684 g/mol. The van der Waals surface area contributed by atoms with Gasteiger partial charge in [-0.15, -0.1) is 6.42 Å². The molecule has 278 valence electrons. The van der Waals surface area contributed by atoms with Crippen molar-refractivity contribution in [3.05, 3.63) is 41.5 Å². The van der Waals surface area contributed by atoms with E-state index in [0.29, 0.717) is 49.4 Å². The van der Waals surface area contributed by atoms with E-state index < -0.39 is 11.6 Å². The number of piperazine rings is 2. The topological polar surface area (TPSA) is 125 Å². The molecule has 2 N–H and O–H groups in total. The highest BCUT2D eigenvalue weighted by Crippen LogP contribution is 2.47. The van der Waals surface area contributed by atoms with Crippen LogP contribution in [0.4, 0.5) is 19.4 Å². The second-order valence-electron chi connectivity index (χ2n) is 15.0. The maximum Gasteiger partial charge on any atom is 0.409 e. The van der Waals surface area contributed by atoms with Gasteiger partial charge in [0.25, 0.3) is 0 Å². The lowest BCUT2D eigenvalue weighted by Gasteiger charge is -2.36. The minimum atomic E-state index is -0.800. The third-order valence-electron chi connectivity index (χ3n) is 10.9. The van der Waals surface area contributed by atoms with Crippen molar-refractivity contribution in [2.75, 3.05) is 64.4 Å². The molecule has 8 rings (SSSR count). The molecule has 14 heteroatoms. The zero-order valence-electron chi connectivity index (χ0n) is 30.1. The molecule has 0 radical (unpaired) electrons. The second kappa shape index (κ2) is 13.8. The molecule has 0 spiro atoms. The van der Waals surface area contributed by atoms with Crippen LogP contribution in [0.25, 0.3) is 32.9 Å². The van der Waals surface area contributed by atoms with E-state index in [1.54, 1.807) is 4.90 Å². The summed E-state index contributed by atoms with van der Waals surface area (Å²) in [6.45, 7) is 8.75.